The number of piperidine rings is 1. The van der Waals surface area contributed by atoms with Crippen LogP contribution in [0.15, 0.2) is 18.3 Å². The van der Waals surface area contributed by atoms with E-state index >= 15 is 0 Å². The van der Waals surface area contributed by atoms with Crippen molar-refractivity contribution < 1.29 is 4.39 Å². The number of pyridine rings is 1. The molecule has 0 amide bonds. The summed E-state index contributed by atoms with van der Waals surface area (Å²) in [6.45, 7) is 3.82. The Balaban J connectivity index is 1.93. The number of hydrogen-bond acceptors (Lipinski definition) is 4. The predicted molar refractivity (Wildman–Crippen MR) is 66.9 cm³/mol. The molecule has 3 heterocycles. The second-order valence-corrected chi connectivity index (χ2v) is 5.07. The van der Waals surface area contributed by atoms with Gasteiger partial charge < -0.3 is 10.6 Å². The summed E-state index contributed by atoms with van der Waals surface area (Å²) >= 11 is 0. The molecule has 1 fully saturated rings. The van der Waals surface area contributed by atoms with Gasteiger partial charge in [0, 0.05) is 19.1 Å². The van der Waals surface area contributed by atoms with Crippen LogP contribution in [0, 0.1) is 11.7 Å². The number of nitrogens with two attached hydrogens (primary N) is 1. The molecule has 1 saturated heterocycles. The minimum Gasteiger partial charge on any atom is -0.338 e. The van der Waals surface area contributed by atoms with Crippen molar-refractivity contribution in [1.82, 2.24) is 14.6 Å². The van der Waals surface area contributed by atoms with Crippen LogP contribution in [0.2, 0.25) is 0 Å². The molecular formula is C12H16FN5. The van der Waals surface area contributed by atoms with Crippen LogP contribution in [0.5, 0.6) is 0 Å². The van der Waals surface area contributed by atoms with E-state index in [2.05, 4.69) is 21.9 Å². The summed E-state index contributed by atoms with van der Waals surface area (Å²) in [5.74, 6) is 0.836. The summed E-state index contributed by atoms with van der Waals surface area (Å²) in [5.41, 5.74) is 6.66. The van der Waals surface area contributed by atoms with Gasteiger partial charge in [-0.2, -0.15) is 4.98 Å². The van der Waals surface area contributed by atoms with Gasteiger partial charge in [-0.25, -0.2) is 8.91 Å². The van der Waals surface area contributed by atoms with Gasteiger partial charge in [0.1, 0.15) is 5.82 Å². The maximum Gasteiger partial charge on any atom is 0.245 e. The zero-order chi connectivity index (χ0) is 12.7. The molecule has 5 nitrogen and oxygen atoms in total. The first-order chi connectivity index (χ1) is 8.61. The molecule has 2 N–H and O–H groups in total. The van der Waals surface area contributed by atoms with Gasteiger partial charge in [0.25, 0.3) is 0 Å². The third-order valence-electron chi connectivity index (χ3n) is 3.26. The molecule has 0 aliphatic carbocycles. The van der Waals surface area contributed by atoms with Gasteiger partial charge in [0.2, 0.25) is 5.95 Å². The third kappa shape index (κ3) is 2.03. The van der Waals surface area contributed by atoms with E-state index in [0.29, 0.717) is 17.5 Å². The fourth-order valence-corrected chi connectivity index (χ4v) is 2.54. The molecule has 1 aliphatic heterocycles. The number of nitrogens with zero attached hydrogens (tertiary/aromatic N) is 4. The lowest BCUT2D eigenvalue weighted by molar-refractivity contribution is 0.398. The van der Waals surface area contributed by atoms with E-state index in [9.17, 15) is 4.39 Å². The minimum atomic E-state index is -0.317. The molecule has 6 heteroatoms. The summed E-state index contributed by atoms with van der Waals surface area (Å²) in [6.07, 6.45) is 2.36. The fourth-order valence-electron chi connectivity index (χ4n) is 2.54. The largest absolute Gasteiger partial charge is 0.338 e. The summed E-state index contributed by atoms with van der Waals surface area (Å²) in [4.78, 5) is 6.48. The van der Waals surface area contributed by atoms with Crippen molar-refractivity contribution in [3.63, 3.8) is 0 Å². The first-order valence-electron chi connectivity index (χ1n) is 6.14. The molecule has 3 rings (SSSR count). The highest BCUT2D eigenvalue weighted by Gasteiger charge is 2.24. The molecular weight excluding hydrogens is 233 g/mol. The van der Waals surface area contributed by atoms with E-state index in [0.717, 1.165) is 19.5 Å². The molecule has 0 radical (unpaired) electrons. The predicted octanol–water partition coefficient (Wildman–Crippen LogP) is 1.04. The quantitative estimate of drug-likeness (QED) is 0.820. The second-order valence-electron chi connectivity index (χ2n) is 5.07. The van der Waals surface area contributed by atoms with Crippen molar-refractivity contribution in [2.24, 2.45) is 11.7 Å². The SMILES string of the molecule is CC1CC(N)CN(c2nc3ccc(F)cn3n2)C1. The van der Waals surface area contributed by atoms with Crippen molar-refractivity contribution in [1.29, 1.82) is 0 Å². The average Bonchev–Trinajstić information content (AvgIpc) is 2.70. The van der Waals surface area contributed by atoms with E-state index in [1.807, 2.05) is 0 Å². The molecule has 0 spiro atoms. The summed E-state index contributed by atoms with van der Waals surface area (Å²) in [7, 11) is 0. The van der Waals surface area contributed by atoms with Gasteiger partial charge in [-0.15, -0.1) is 5.10 Å². The van der Waals surface area contributed by atoms with Crippen LogP contribution in [0.4, 0.5) is 10.3 Å². The van der Waals surface area contributed by atoms with Gasteiger partial charge in [0.15, 0.2) is 5.65 Å². The Morgan fingerprint density at radius 1 is 1.39 bits per heavy atom. The Bertz CT molecular complexity index is 557. The topological polar surface area (TPSA) is 59.5 Å². The zero-order valence-corrected chi connectivity index (χ0v) is 10.3. The van der Waals surface area contributed by atoms with Crippen LogP contribution in [0.25, 0.3) is 5.65 Å². The monoisotopic (exact) mass is 249 g/mol. The Morgan fingerprint density at radius 3 is 3.00 bits per heavy atom. The van der Waals surface area contributed by atoms with Crippen LogP contribution in [0.1, 0.15) is 13.3 Å². The van der Waals surface area contributed by atoms with E-state index in [1.165, 1.54) is 16.8 Å². The van der Waals surface area contributed by atoms with Crippen molar-refractivity contribution in [3.05, 3.63) is 24.1 Å². The number of rotatable bonds is 1. The smallest absolute Gasteiger partial charge is 0.245 e. The average molecular weight is 249 g/mol. The molecule has 0 saturated carbocycles. The molecule has 1 aliphatic rings. The molecule has 2 aromatic heterocycles. The van der Waals surface area contributed by atoms with E-state index in [-0.39, 0.29) is 11.9 Å². The zero-order valence-electron chi connectivity index (χ0n) is 10.3. The van der Waals surface area contributed by atoms with Crippen molar-refractivity contribution in [2.75, 3.05) is 18.0 Å². The van der Waals surface area contributed by atoms with Gasteiger partial charge in [-0.3, -0.25) is 0 Å². The third-order valence-corrected chi connectivity index (χ3v) is 3.26. The van der Waals surface area contributed by atoms with Crippen LogP contribution in [0.3, 0.4) is 0 Å². The number of aromatic nitrogens is 3. The first kappa shape index (κ1) is 11.4. The highest BCUT2D eigenvalue weighted by Crippen LogP contribution is 2.20. The number of halogens is 1. The summed E-state index contributed by atoms with van der Waals surface area (Å²) < 4.78 is 14.6. The maximum atomic E-state index is 13.1. The van der Waals surface area contributed by atoms with Gasteiger partial charge >= 0.3 is 0 Å². The standard InChI is InChI=1S/C12H16FN5/c1-8-4-10(14)7-17(5-8)12-15-11-3-2-9(13)6-18(11)16-12/h2-3,6,8,10H,4-5,7,14H2,1H3. The van der Waals surface area contributed by atoms with Gasteiger partial charge in [0.05, 0.1) is 6.20 Å². The van der Waals surface area contributed by atoms with Crippen LogP contribution >= 0.6 is 0 Å². The molecule has 0 aromatic carbocycles. The Kier molecular flexibility index (Phi) is 2.66. The minimum absolute atomic E-state index is 0.150. The number of anilines is 1. The van der Waals surface area contributed by atoms with E-state index < -0.39 is 0 Å². The van der Waals surface area contributed by atoms with E-state index in [1.54, 1.807) is 6.07 Å². The van der Waals surface area contributed by atoms with Crippen molar-refractivity contribution in [2.45, 2.75) is 19.4 Å². The van der Waals surface area contributed by atoms with Gasteiger partial charge in [-0.05, 0) is 24.5 Å². The first-order valence-corrected chi connectivity index (χ1v) is 6.14. The Morgan fingerprint density at radius 2 is 2.22 bits per heavy atom. The summed E-state index contributed by atoms with van der Waals surface area (Å²) in [5, 5.41) is 4.30. The summed E-state index contributed by atoms with van der Waals surface area (Å²) in [6, 6.07) is 3.16. The normalized spacial score (nSPS) is 24.7. The fraction of sp³-hybridized carbons (Fsp3) is 0.500. The lowest BCUT2D eigenvalue weighted by Gasteiger charge is -2.33. The van der Waals surface area contributed by atoms with Crippen LogP contribution in [-0.4, -0.2) is 33.7 Å². The molecule has 2 unspecified atom stereocenters. The van der Waals surface area contributed by atoms with Crippen LogP contribution in [-0.2, 0) is 0 Å². The molecule has 0 bridgehead atoms. The Hall–Kier alpha value is -1.69. The lowest BCUT2D eigenvalue weighted by atomic mass is 9.97. The number of hydrogen-bond donors (Lipinski definition) is 1. The van der Waals surface area contributed by atoms with E-state index in [4.69, 9.17) is 5.73 Å². The lowest BCUT2D eigenvalue weighted by Crippen LogP contribution is -2.46. The molecule has 18 heavy (non-hydrogen) atoms. The highest BCUT2D eigenvalue weighted by molar-refractivity contribution is 5.45. The number of fused-ring (bicyclic) bond motifs is 1. The molecule has 2 atom stereocenters. The van der Waals surface area contributed by atoms with Gasteiger partial charge in [-0.1, -0.05) is 6.92 Å². The Labute approximate surface area is 104 Å². The van der Waals surface area contributed by atoms with Crippen molar-refractivity contribution >= 4 is 11.6 Å². The highest BCUT2D eigenvalue weighted by atomic mass is 19.1. The van der Waals surface area contributed by atoms with Crippen molar-refractivity contribution in [3.8, 4) is 0 Å². The molecule has 96 valence electrons. The molecule has 2 aromatic rings. The van der Waals surface area contributed by atoms with Crippen LogP contribution < -0.4 is 10.6 Å². The second kappa shape index (κ2) is 4.20. The maximum absolute atomic E-state index is 13.1.